The van der Waals surface area contributed by atoms with Crippen LogP contribution in [0.2, 0.25) is 0 Å². The Labute approximate surface area is 179 Å². The van der Waals surface area contributed by atoms with Gasteiger partial charge in [-0.2, -0.15) is 0 Å². The van der Waals surface area contributed by atoms with Crippen LogP contribution in [0.25, 0.3) is 21.9 Å². The lowest BCUT2D eigenvalue weighted by molar-refractivity contribution is 0.0443. The minimum atomic E-state index is -0.704. The van der Waals surface area contributed by atoms with Crippen LogP contribution in [0.4, 0.5) is 0 Å². The van der Waals surface area contributed by atoms with Crippen molar-refractivity contribution in [3.8, 4) is 34.1 Å². The van der Waals surface area contributed by atoms with E-state index in [1.807, 2.05) is 0 Å². The Bertz CT molecular complexity index is 1300. The fourth-order valence-electron chi connectivity index (χ4n) is 3.81. The van der Waals surface area contributed by atoms with Gasteiger partial charge in [0, 0.05) is 25.5 Å². The largest absolute Gasteiger partial charge is 0.454 e. The standard InChI is InChI=1S/C20H8Br2O7/c21-10-4-14-13(27-6-28-14)3-9(10)15-7-1-11-12(26-5-25-11)2-8(7)18(22)17-16(15)19(23)29-20(17)24/h1-4H,5-6H2. The molecular formula is C20H8Br2O7. The molecule has 0 N–H and O–H groups in total. The number of benzene rings is 3. The second-order valence-electron chi connectivity index (χ2n) is 6.55. The lowest BCUT2D eigenvalue weighted by Gasteiger charge is -2.15. The molecule has 6 rings (SSSR count). The van der Waals surface area contributed by atoms with Gasteiger partial charge in [-0.1, -0.05) is 15.9 Å². The fourth-order valence-corrected chi connectivity index (χ4v) is 5.01. The molecule has 3 aromatic carbocycles. The van der Waals surface area contributed by atoms with Crippen LogP contribution in [0.1, 0.15) is 20.7 Å². The maximum absolute atomic E-state index is 12.7. The Morgan fingerprint density at radius 3 is 1.90 bits per heavy atom. The normalized spacial score (nSPS) is 15.8. The number of ether oxygens (including phenoxy) is 5. The zero-order valence-corrected chi connectivity index (χ0v) is 17.5. The number of hydrogen-bond donors (Lipinski definition) is 0. The van der Waals surface area contributed by atoms with Crippen LogP contribution in [0, 0.1) is 0 Å². The van der Waals surface area contributed by atoms with Gasteiger partial charge in [0.1, 0.15) is 0 Å². The van der Waals surface area contributed by atoms with Gasteiger partial charge in [-0.05, 0) is 45.6 Å². The maximum Gasteiger partial charge on any atom is 0.348 e. The summed E-state index contributed by atoms with van der Waals surface area (Å²) >= 11 is 7.03. The third-order valence-electron chi connectivity index (χ3n) is 5.06. The molecule has 3 aliphatic rings. The van der Waals surface area contributed by atoms with Crippen LogP contribution in [0.5, 0.6) is 23.0 Å². The molecule has 3 aliphatic heterocycles. The zero-order chi connectivity index (χ0) is 19.9. The fraction of sp³-hybridized carbons (Fsp3) is 0.100. The summed E-state index contributed by atoms with van der Waals surface area (Å²) in [6, 6.07) is 7.12. The molecule has 3 heterocycles. The molecule has 0 aliphatic carbocycles. The van der Waals surface area contributed by atoms with Crippen LogP contribution < -0.4 is 18.9 Å². The van der Waals surface area contributed by atoms with Crippen LogP contribution in [-0.2, 0) is 4.74 Å². The molecule has 0 amide bonds. The summed E-state index contributed by atoms with van der Waals surface area (Å²) in [7, 11) is 0. The summed E-state index contributed by atoms with van der Waals surface area (Å²) in [6.07, 6.45) is 0. The van der Waals surface area contributed by atoms with Crippen molar-refractivity contribution in [2.24, 2.45) is 0 Å². The molecule has 144 valence electrons. The Kier molecular flexibility index (Phi) is 3.46. The molecule has 3 aromatic rings. The molecule has 0 saturated carbocycles. The minimum Gasteiger partial charge on any atom is -0.454 e. The Hall–Kier alpha value is -2.78. The van der Waals surface area contributed by atoms with Crippen molar-refractivity contribution in [2.45, 2.75) is 0 Å². The highest BCUT2D eigenvalue weighted by Crippen LogP contribution is 2.50. The number of carbonyl (C=O) groups is 2. The van der Waals surface area contributed by atoms with Crippen molar-refractivity contribution in [1.29, 1.82) is 0 Å². The van der Waals surface area contributed by atoms with Gasteiger partial charge in [-0.3, -0.25) is 0 Å². The van der Waals surface area contributed by atoms with E-state index in [-0.39, 0.29) is 24.7 Å². The predicted molar refractivity (Wildman–Crippen MR) is 107 cm³/mol. The molecule has 0 aromatic heterocycles. The molecule has 0 unspecified atom stereocenters. The topological polar surface area (TPSA) is 80.3 Å². The molecule has 0 saturated heterocycles. The van der Waals surface area contributed by atoms with Crippen LogP contribution in [0.15, 0.2) is 33.2 Å². The second kappa shape index (κ2) is 5.87. The van der Waals surface area contributed by atoms with Crippen LogP contribution in [0.3, 0.4) is 0 Å². The van der Waals surface area contributed by atoms with Gasteiger partial charge < -0.3 is 23.7 Å². The molecule has 7 nitrogen and oxygen atoms in total. The van der Waals surface area contributed by atoms with E-state index < -0.39 is 11.9 Å². The Balaban J connectivity index is 1.79. The summed E-state index contributed by atoms with van der Waals surface area (Å²) in [4.78, 5) is 25.1. The molecule has 9 heteroatoms. The Morgan fingerprint density at radius 1 is 0.655 bits per heavy atom. The third kappa shape index (κ3) is 2.28. The van der Waals surface area contributed by atoms with E-state index in [0.29, 0.717) is 53.8 Å². The summed E-state index contributed by atoms with van der Waals surface area (Å²) < 4.78 is 28.0. The van der Waals surface area contributed by atoms with Gasteiger partial charge >= 0.3 is 11.9 Å². The smallest absolute Gasteiger partial charge is 0.348 e. The first-order valence-corrected chi connectivity index (χ1v) is 10.1. The first-order valence-electron chi connectivity index (χ1n) is 8.48. The number of hydrogen-bond acceptors (Lipinski definition) is 7. The van der Waals surface area contributed by atoms with E-state index in [2.05, 4.69) is 31.9 Å². The lowest BCUT2D eigenvalue weighted by atomic mass is 9.90. The van der Waals surface area contributed by atoms with Gasteiger partial charge in [-0.25, -0.2) is 9.59 Å². The average Bonchev–Trinajstić information content (AvgIpc) is 3.39. The molecule has 0 fully saturated rings. The first kappa shape index (κ1) is 17.1. The predicted octanol–water partition coefficient (Wildman–Crippen LogP) is 4.80. The lowest BCUT2D eigenvalue weighted by Crippen LogP contribution is -2.00. The van der Waals surface area contributed by atoms with Crippen LogP contribution in [-0.4, -0.2) is 25.5 Å². The monoisotopic (exact) mass is 518 g/mol. The molecule has 0 spiro atoms. The zero-order valence-electron chi connectivity index (χ0n) is 14.3. The van der Waals surface area contributed by atoms with Gasteiger partial charge in [0.05, 0.1) is 11.1 Å². The molecule has 0 bridgehead atoms. The van der Waals surface area contributed by atoms with Crippen LogP contribution >= 0.6 is 31.9 Å². The van der Waals surface area contributed by atoms with E-state index in [9.17, 15) is 9.59 Å². The Morgan fingerprint density at radius 2 is 1.21 bits per heavy atom. The van der Waals surface area contributed by atoms with E-state index in [1.54, 1.807) is 24.3 Å². The number of fused-ring (bicyclic) bond motifs is 4. The average molecular weight is 520 g/mol. The number of esters is 2. The summed E-state index contributed by atoms with van der Waals surface area (Å²) in [6.45, 7) is 0.219. The van der Waals surface area contributed by atoms with E-state index in [4.69, 9.17) is 23.7 Å². The number of cyclic esters (lactones) is 2. The molecule has 0 radical (unpaired) electrons. The van der Waals surface area contributed by atoms with Gasteiger partial charge in [0.2, 0.25) is 13.6 Å². The molecule has 29 heavy (non-hydrogen) atoms. The minimum absolute atomic E-state index is 0.104. The van der Waals surface area contributed by atoms with Crippen molar-refractivity contribution in [1.82, 2.24) is 0 Å². The maximum atomic E-state index is 12.7. The van der Waals surface area contributed by atoms with E-state index in [1.165, 1.54) is 0 Å². The third-order valence-corrected chi connectivity index (χ3v) is 6.54. The highest BCUT2D eigenvalue weighted by molar-refractivity contribution is 9.11. The van der Waals surface area contributed by atoms with Crippen molar-refractivity contribution < 1.29 is 33.3 Å². The van der Waals surface area contributed by atoms with Crippen molar-refractivity contribution in [3.05, 3.63) is 44.3 Å². The molecular weight excluding hydrogens is 512 g/mol. The first-order chi connectivity index (χ1) is 14.0. The van der Waals surface area contributed by atoms with E-state index in [0.717, 1.165) is 0 Å². The summed E-state index contributed by atoms with van der Waals surface area (Å²) in [5.74, 6) is 0.854. The molecule has 0 atom stereocenters. The number of halogens is 2. The van der Waals surface area contributed by atoms with Crippen molar-refractivity contribution >= 4 is 54.6 Å². The van der Waals surface area contributed by atoms with Gasteiger partial charge in [0.25, 0.3) is 0 Å². The highest BCUT2D eigenvalue weighted by Gasteiger charge is 2.38. The summed E-state index contributed by atoms with van der Waals surface area (Å²) in [5.41, 5.74) is 1.57. The number of carbonyl (C=O) groups excluding carboxylic acids is 2. The van der Waals surface area contributed by atoms with E-state index >= 15 is 0 Å². The summed E-state index contributed by atoms with van der Waals surface area (Å²) in [5, 5.41) is 1.39. The second-order valence-corrected chi connectivity index (χ2v) is 8.20. The highest BCUT2D eigenvalue weighted by atomic mass is 79.9. The van der Waals surface area contributed by atoms with Gasteiger partial charge in [0.15, 0.2) is 23.0 Å². The quantitative estimate of drug-likeness (QED) is 0.337. The van der Waals surface area contributed by atoms with Gasteiger partial charge in [-0.15, -0.1) is 0 Å². The van der Waals surface area contributed by atoms with Crippen molar-refractivity contribution in [3.63, 3.8) is 0 Å². The van der Waals surface area contributed by atoms with Crippen molar-refractivity contribution in [2.75, 3.05) is 13.6 Å². The number of rotatable bonds is 1. The SMILES string of the molecule is O=C1OC(=O)c2c1c(Br)c1cc3c(cc1c2-c1cc2c(cc1Br)OCO2)OCO3.